The second kappa shape index (κ2) is 3.82. The molecule has 2 unspecified atom stereocenters. The van der Waals surface area contributed by atoms with E-state index >= 15 is 0 Å². The second-order valence-electron chi connectivity index (χ2n) is 5.12. The first-order chi connectivity index (χ1) is 7.72. The summed E-state index contributed by atoms with van der Waals surface area (Å²) < 4.78 is 1.77. The van der Waals surface area contributed by atoms with E-state index in [2.05, 4.69) is 15.0 Å². The van der Waals surface area contributed by atoms with Gasteiger partial charge in [0.15, 0.2) is 5.82 Å². The van der Waals surface area contributed by atoms with Crippen LogP contribution >= 0.6 is 0 Å². The Morgan fingerprint density at radius 1 is 1.38 bits per heavy atom. The third-order valence-corrected chi connectivity index (χ3v) is 3.89. The zero-order chi connectivity index (χ0) is 11.1. The molecule has 1 aromatic heterocycles. The number of rotatable bonds is 2. The fourth-order valence-corrected chi connectivity index (χ4v) is 3.19. The van der Waals surface area contributed by atoms with Crippen molar-refractivity contribution in [2.75, 3.05) is 0 Å². The van der Waals surface area contributed by atoms with E-state index in [0.717, 1.165) is 25.2 Å². The molecular weight excluding hydrogens is 202 g/mol. The molecule has 0 spiro atoms. The Bertz CT molecular complexity index is 360. The van der Waals surface area contributed by atoms with Gasteiger partial charge in [-0.1, -0.05) is 0 Å². The van der Waals surface area contributed by atoms with Gasteiger partial charge in [-0.15, -0.1) is 0 Å². The van der Waals surface area contributed by atoms with E-state index in [4.69, 9.17) is 5.73 Å². The van der Waals surface area contributed by atoms with Crippen molar-refractivity contribution in [3.05, 3.63) is 12.2 Å². The molecule has 2 aliphatic rings. The summed E-state index contributed by atoms with van der Waals surface area (Å²) >= 11 is 0. The molecule has 3 heterocycles. The minimum absolute atomic E-state index is 0.408. The van der Waals surface area contributed by atoms with E-state index in [0.29, 0.717) is 18.1 Å². The number of aromatic nitrogens is 3. The fraction of sp³-hybridized carbons (Fsp3) is 0.818. The molecule has 0 radical (unpaired) electrons. The number of nitrogens with two attached hydrogens (primary N) is 1. The van der Waals surface area contributed by atoms with Gasteiger partial charge < -0.3 is 5.73 Å². The quantitative estimate of drug-likeness (QED) is 0.778. The van der Waals surface area contributed by atoms with Crippen LogP contribution in [0.5, 0.6) is 0 Å². The zero-order valence-corrected chi connectivity index (χ0v) is 9.71. The molecule has 2 aliphatic heterocycles. The summed E-state index contributed by atoms with van der Waals surface area (Å²) in [6.45, 7) is 0.892. The van der Waals surface area contributed by atoms with Crippen molar-refractivity contribution < 1.29 is 0 Å². The number of fused-ring (bicyclic) bond motifs is 2. The molecule has 2 N–H and O–H groups in total. The summed E-state index contributed by atoms with van der Waals surface area (Å²) in [5, 5.41) is 4.35. The highest BCUT2D eigenvalue weighted by Crippen LogP contribution is 2.35. The summed E-state index contributed by atoms with van der Waals surface area (Å²) in [4.78, 5) is 6.86. The van der Waals surface area contributed by atoms with Crippen LogP contribution in [-0.2, 0) is 13.6 Å². The van der Waals surface area contributed by atoms with Crippen LogP contribution in [0, 0.1) is 0 Å². The Hall–Kier alpha value is -0.940. The maximum Gasteiger partial charge on any atom is 0.164 e. The van der Waals surface area contributed by atoms with Gasteiger partial charge in [-0.25, -0.2) is 4.98 Å². The van der Waals surface area contributed by atoms with Gasteiger partial charge in [-0.2, -0.15) is 5.10 Å². The van der Waals surface area contributed by atoms with Crippen molar-refractivity contribution in [3.8, 4) is 0 Å². The number of aryl methyl sites for hydroxylation is 1. The highest BCUT2D eigenvalue weighted by molar-refractivity contribution is 4.98. The van der Waals surface area contributed by atoms with Crippen LogP contribution in [0.2, 0.25) is 0 Å². The minimum Gasteiger partial charge on any atom is -0.328 e. The first kappa shape index (κ1) is 10.2. The van der Waals surface area contributed by atoms with Crippen molar-refractivity contribution in [3.63, 3.8) is 0 Å². The first-order valence-electron chi connectivity index (χ1n) is 6.08. The Morgan fingerprint density at radius 2 is 2.06 bits per heavy atom. The van der Waals surface area contributed by atoms with Crippen LogP contribution in [0.3, 0.4) is 0 Å². The van der Waals surface area contributed by atoms with Gasteiger partial charge in [0.2, 0.25) is 0 Å². The lowest BCUT2D eigenvalue weighted by molar-refractivity contribution is 0.116. The van der Waals surface area contributed by atoms with Crippen molar-refractivity contribution in [2.24, 2.45) is 12.8 Å². The third kappa shape index (κ3) is 1.74. The molecule has 88 valence electrons. The highest BCUT2D eigenvalue weighted by Gasteiger charge is 2.39. The number of hydrogen-bond donors (Lipinski definition) is 1. The van der Waals surface area contributed by atoms with Crippen molar-refractivity contribution in [1.82, 2.24) is 19.7 Å². The van der Waals surface area contributed by atoms with E-state index in [-0.39, 0.29) is 0 Å². The van der Waals surface area contributed by atoms with Crippen LogP contribution in [-0.4, -0.2) is 37.8 Å². The zero-order valence-electron chi connectivity index (χ0n) is 9.71. The number of hydrogen-bond acceptors (Lipinski definition) is 4. The molecule has 0 aromatic carbocycles. The van der Waals surface area contributed by atoms with Gasteiger partial charge in [-0.05, 0) is 25.7 Å². The average Bonchev–Trinajstić information content (AvgIpc) is 2.72. The van der Waals surface area contributed by atoms with Crippen LogP contribution in [0.4, 0.5) is 0 Å². The predicted molar refractivity (Wildman–Crippen MR) is 60.6 cm³/mol. The maximum atomic E-state index is 6.05. The lowest BCUT2D eigenvalue weighted by Crippen LogP contribution is -2.46. The van der Waals surface area contributed by atoms with Crippen LogP contribution < -0.4 is 5.73 Å². The van der Waals surface area contributed by atoms with E-state index in [9.17, 15) is 0 Å². The van der Waals surface area contributed by atoms with E-state index in [1.165, 1.54) is 12.8 Å². The molecule has 2 fully saturated rings. The molecule has 2 saturated heterocycles. The van der Waals surface area contributed by atoms with Gasteiger partial charge in [0.05, 0.1) is 6.54 Å². The van der Waals surface area contributed by atoms with Crippen LogP contribution in [0.1, 0.15) is 31.5 Å². The topological polar surface area (TPSA) is 60.0 Å². The summed E-state index contributed by atoms with van der Waals surface area (Å²) in [6.07, 6.45) is 6.65. The summed E-state index contributed by atoms with van der Waals surface area (Å²) in [5.41, 5.74) is 6.05. The molecule has 0 aliphatic carbocycles. The summed E-state index contributed by atoms with van der Waals surface area (Å²) in [7, 11) is 1.91. The standard InChI is InChI=1S/C11H19N5/c1-15-7-13-11(14-15)6-16-9-2-3-10(16)5-8(12)4-9/h7-10H,2-6,12H2,1H3. The van der Waals surface area contributed by atoms with Crippen molar-refractivity contribution >= 4 is 0 Å². The molecule has 1 aromatic rings. The Kier molecular flexibility index (Phi) is 2.44. The normalized spacial score (nSPS) is 34.5. The number of nitrogens with zero attached hydrogens (tertiary/aromatic N) is 4. The van der Waals surface area contributed by atoms with E-state index in [1.54, 1.807) is 11.0 Å². The Balaban J connectivity index is 1.72. The lowest BCUT2D eigenvalue weighted by Gasteiger charge is -2.36. The van der Waals surface area contributed by atoms with Gasteiger partial charge in [-0.3, -0.25) is 9.58 Å². The van der Waals surface area contributed by atoms with Crippen LogP contribution in [0.15, 0.2) is 6.33 Å². The Morgan fingerprint density at radius 3 is 2.62 bits per heavy atom. The Labute approximate surface area is 95.6 Å². The lowest BCUT2D eigenvalue weighted by atomic mass is 9.98. The molecule has 5 nitrogen and oxygen atoms in total. The highest BCUT2D eigenvalue weighted by atomic mass is 15.3. The molecule has 5 heteroatoms. The maximum absolute atomic E-state index is 6.05. The third-order valence-electron chi connectivity index (χ3n) is 3.89. The SMILES string of the molecule is Cn1cnc(CN2C3CCC2CC(N)C3)n1. The molecule has 0 saturated carbocycles. The van der Waals surface area contributed by atoms with Crippen molar-refractivity contribution in [1.29, 1.82) is 0 Å². The van der Waals surface area contributed by atoms with Crippen molar-refractivity contribution in [2.45, 2.75) is 50.4 Å². The molecule has 0 amide bonds. The molecule has 3 rings (SSSR count). The predicted octanol–water partition coefficient (Wildman–Crippen LogP) is 0.269. The monoisotopic (exact) mass is 221 g/mol. The van der Waals surface area contributed by atoms with Crippen LogP contribution in [0.25, 0.3) is 0 Å². The molecule has 2 atom stereocenters. The molecule has 2 bridgehead atoms. The largest absolute Gasteiger partial charge is 0.328 e. The van der Waals surface area contributed by atoms with Gasteiger partial charge in [0.25, 0.3) is 0 Å². The first-order valence-corrected chi connectivity index (χ1v) is 6.08. The minimum atomic E-state index is 0.408. The van der Waals surface area contributed by atoms with Gasteiger partial charge >= 0.3 is 0 Å². The summed E-state index contributed by atoms with van der Waals surface area (Å²) in [5.74, 6) is 0.940. The van der Waals surface area contributed by atoms with E-state index < -0.39 is 0 Å². The van der Waals surface area contributed by atoms with E-state index in [1.807, 2.05) is 7.05 Å². The molecule has 16 heavy (non-hydrogen) atoms. The smallest absolute Gasteiger partial charge is 0.164 e. The van der Waals surface area contributed by atoms with Gasteiger partial charge in [0, 0.05) is 25.2 Å². The average molecular weight is 221 g/mol. The van der Waals surface area contributed by atoms with Gasteiger partial charge in [0.1, 0.15) is 6.33 Å². The fourth-order valence-electron chi connectivity index (χ4n) is 3.19. The molecular formula is C11H19N5. The second-order valence-corrected chi connectivity index (χ2v) is 5.12. The summed E-state index contributed by atoms with van der Waals surface area (Å²) in [6, 6.07) is 1.74. The number of piperidine rings is 1.